The predicted octanol–water partition coefficient (Wildman–Crippen LogP) is 22.3. The molecule has 0 amide bonds. The molecule has 0 bridgehead atoms. The van der Waals surface area contributed by atoms with Crippen LogP contribution in [0.3, 0.4) is 0 Å². The number of carbonyl (C=O) groups excluding carboxylic acids is 4. The van der Waals surface area contributed by atoms with E-state index in [4.69, 9.17) is 102 Å². The topological polar surface area (TPSA) is 161 Å². The molecule has 0 fully saturated rings. The van der Waals surface area contributed by atoms with Gasteiger partial charge in [0.1, 0.15) is 6.16 Å². The molecule has 0 radical (unpaired) electrons. The van der Waals surface area contributed by atoms with Crippen molar-refractivity contribution in [3.05, 3.63) is 214 Å². The fraction of sp³-hybridized carbons (Fsp3) is 0.469. The van der Waals surface area contributed by atoms with E-state index in [1.165, 1.54) is 23.6 Å². The van der Waals surface area contributed by atoms with Gasteiger partial charge in [-0.2, -0.15) is 30.2 Å². The van der Waals surface area contributed by atoms with Crippen LogP contribution in [-0.4, -0.2) is 105 Å². The molecule has 0 heterocycles. The van der Waals surface area contributed by atoms with Gasteiger partial charge in [0.05, 0.1) is 26.4 Å². The van der Waals surface area contributed by atoms with Crippen LogP contribution in [0.2, 0.25) is 66.4 Å². The summed E-state index contributed by atoms with van der Waals surface area (Å²) in [6, 6.07) is 36.5. The van der Waals surface area contributed by atoms with Gasteiger partial charge in [-0.15, -0.1) is 17.7 Å². The monoisotopic (exact) mass is 1980 g/mol. The van der Waals surface area contributed by atoms with Crippen LogP contribution in [0.25, 0.3) is 6.08 Å². The van der Waals surface area contributed by atoms with Crippen molar-refractivity contribution in [2.75, 3.05) is 58.6 Å². The van der Waals surface area contributed by atoms with Gasteiger partial charge in [-0.05, 0) is 235 Å². The number of aryl methyl sites for hydroxylation is 4. The van der Waals surface area contributed by atoms with Gasteiger partial charge in [-0.1, -0.05) is 204 Å². The number of rotatable bonds is 29. The average Bonchev–Trinajstić information content (AvgIpc) is 0.847. The molecule has 0 aromatic heterocycles. The quantitative estimate of drug-likeness (QED) is 0.00693. The van der Waals surface area contributed by atoms with Gasteiger partial charge in [-0.25, -0.2) is 4.79 Å². The van der Waals surface area contributed by atoms with Gasteiger partial charge in [0, 0.05) is 91.5 Å². The molecule has 12 nitrogen and oxygen atoms in total. The maximum atomic E-state index is 12.0. The first-order valence-corrected chi connectivity index (χ1v) is 49.5. The first-order valence-electron chi connectivity index (χ1n) is 35.5. The summed E-state index contributed by atoms with van der Waals surface area (Å²) < 4.78 is 48.6. The minimum absolute atomic E-state index is 0. The van der Waals surface area contributed by atoms with E-state index in [1.807, 2.05) is 79.7 Å². The van der Waals surface area contributed by atoms with Crippen LogP contribution >= 0.6 is 157 Å². The predicted molar refractivity (Wildman–Crippen MR) is 477 cm³/mol. The maximum absolute atomic E-state index is 12.0. The maximum Gasteiger partial charge on any atom is 1.00 e. The Hall–Kier alpha value is -1.02. The fourth-order valence-electron chi connectivity index (χ4n) is 7.95. The molecule has 6 rings (SSSR count). The third kappa shape index (κ3) is 54.6. The SMILES string of the molecule is CC(C)(C)[Si](C)(C)OCCCc1[c-]ccc(Cl)c1.CC(C)(C)[Si](C)(C)OCCCc1cc(Cl)ccc1Br.CCCP(=O)(CC(=O)OCC)OCC.CCOC(=O)C=Cc1cc(Cl)ccc1Br.CCOC(=O)CCc1cc(Cl)ccc1Br.O=Cc1cc(Cl)ccc1Br.OCCCc1cc(Cl)ccc1Br.[CH2-]CCC.[Li+].[Li+]. The number of ether oxygens (including phenoxy) is 3. The Morgan fingerprint density at radius 1 is 0.523 bits per heavy atom. The zero-order valence-electron chi connectivity index (χ0n) is 67.0. The molecule has 1 N–H and O–H groups in total. The summed E-state index contributed by atoms with van der Waals surface area (Å²) in [7, 11) is -5.98. The van der Waals surface area contributed by atoms with Crippen molar-refractivity contribution in [3.63, 3.8) is 0 Å². The standard InChI is InChI=1S/C15H24BrClOSi.C15H24ClOSi.C11H12BrClO2.C11H10BrClO2.C9H10BrClO.C9H19O4P.C7H4BrClO.C4H9.2Li/c1-15(2,3)19(4,5)18-10-6-7-12-11-13(17)8-9-14(12)16;1-15(2,3)18(4,5)17-11-7-9-13-8-6-10-14(16)12-13;2*1-2-15-11(14)6-3-8-7-9(13)4-5-10(8)12;10-9-4-3-8(11)6-7(9)2-1-5-12;1-4-7-14(11,13-6-3)8-9(10)12-5-2;8-7-2-1-6(9)3-5(7)4-10;1-3-4-2;;/h8-9,11H,6-7,10H2,1-5H3;6,10,12H,7,9,11H2,1-5H3;4-5,7H,2-3,6H2,1H3;3-7H,2H2,1H3;3-4,6,12H,1-2,5H2;4-8H2,1-3H3;1-4H;1,3-4H2,2H3;;/q;-1;;;;;;-1;2*+1. The molecule has 0 aliphatic rings. The Morgan fingerprint density at radius 2 is 0.908 bits per heavy atom. The summed E-state index contributed by atoms with van der Waals surface area (Å²) in [4.78, 5) is 43.6. The molecule has 0 spiro atoms. The number of hydrogen-bond donors (Lipinski definition) is 1. The van der Waals surface area contributed by atoms with Gasteiger partial charge in [0.2, 0.25) is 7.37 Å². The van der Waals surface area contributed by atoms with Crippen LogP contribution in [-0.2, 0) is 72.2 Å². The third-order valence-electron chi connectivity index (χ3n) is 15.8. The number of benzene rings is 6. The molecular formula is C81H112Br5Cl6Li2O12PSi2. The molecule has 0 saturated carbocycles. The molecule has 28 heteroatoms. The van der Waals surface area contributed by atoms with Crippen LogP contribution in [0.15, 0.2) is 138 Å². The molecular weight excluding hydrogens is 1880 g/mol. The summed E-state index contributed by atoms with van der Waals surface area (Å²) in [6.45, 7) is 40.8. The van der Waals surface area contributed by atoms with Crippen molar-refractivity contribution >= 4 is 204 Å². The molecule has 6 aromatic rings. The van der Waals surface area contributed by atoms with E-state index in [0.717, 1.165) is 125 Å². The Morgan fingerprint density at radius 3 is 1.29 bits per heavy atom. The summed E-state index contributed by atoms with van der Waals surface area (Å²) in [6.07, 6.45) is 13.9. The minimum atomic E-state index is -2.78. The fourth-order valence-corrected chi connectivity index (χ4v) is 15.3. The van der Waals surface area contributed by atoms with E-state index in [-0.39, 0.29) is 72.5 Å². The van der Waals surface area contributed by atoms with E-state index in [0.29, 0.717) is 66.1 Å². The first kappa shape index (κ1) is 114. The van der Waals surface area contributed by atoms with E-state index in [1.54, 1.807) is 70.2 Å². The minimum Gasteiger partial charge on any atom is -0.466 e. The molecule has 600 valence electrons. The number of carbonyl (C=O) groups is 4. The van der Waals surface area contributed by atoms with Crippen LogP contribution in [0.1, 0.15) is 166 Å². The van der Waals surface area contributed by atoms with Crippen LogP contribution < -0.4 is 37.7 Å². The summed E-state index contributed by atoms with van der Waals surface area (Å²) in [5.41, 5.74) is 6.02. The first-order chi connectivity index (χ1) is 50.1. The molecule has 1 atom stereocenters. The second kappa shape index (κ2) is 64.0. The van der Waals surface area contributed by atoms with Crippen molar-refractivity contribution in [3.8, 4) is 0 Å². The molecule has 109 heavy (non-hydrogen) atoms. The van der Waals surface area contributed by atoms with Crippen molar-refractivity contribution in [2.24, 2.45) is 0 Å². The Bertz CT molecular complexity index is 3620. The van der Waals surface area contributed by atoms with Crippen LogP contribution in [0, 0.1) is 13.0 Å². The molecule has 0 aliphatic carbocycles. The van der Waals surface area contributed by atoms with Crippen molar-refractivity contribution in [2.45, 2.75) is 190 Å². The second-order valence-corrected chi connectivity index (χ2v) is 45.8. The number of hydrogen-bond acceptors (Lipinski definition) is 12. The van der Waals surface area contributed by atoms with Gasteiger partial charge >= 0.3 is 55.6 Å². The number of esters is 3. The smallest absolute Gasteiger partial charge is 0.466 e. The second-order valence-electron chi connectivity index (χ2n) is 26.6. The number of halogens is 11. The summed E-state index contributed by atoms with van der Waals surface area (Å²) >= 11 is 52.0. The Kier molecular flexibility index (Phi) is 67.1. The number of aliphatic hydroxyl groups excluding tert-OH is 1. The molecule has 0 saturated heterocycles. The van der Waals surface area contributed by atoms with Gasteiger partial charge in [0.25, 0.3) is 0 Å². The summed E-state index contributed by atoms with van der Waals surface area (Å²) in [5, 5.41) is 13.4. The van der Waals surface area contributed by atoms with Crippen molar-refractivity contribution < 1.29 is 94.2 Å². The van der Waals surface area contributed by atoms with Crippen molar-refractivity contribution in [1.82, 2.24) is 0 Å². The molecule has 0 aliphatic heterocycles. The number of aldehydes is 1. The van der Waals surface area contributed by atoms with E-state index in [2.05, 4.69) is 167 Å². The number of unbranched alkanes of at least 4 members (excludes halogenated alkanes) is 1. The molecule has 6 aromatic carbocycles. The molecule has 1 unspecified atom stereocenters. The zero-order valence-corrected chi connectivity index (χ0v) is 82.4. The zero-order chi connectivity index (χ0) is 82.0. The van der Waals surface area contributed by atoms with E-state index >= 15 is 0 Å². The van der Waals surface area contributed by atoms with Crippen molar-refractivity contribution in [1.29, 1.82) is 0 Å². The van der Waals surface area contributed by atoms with Gasteiger partial charge in [0.15, 0.2) is 22.9 Å². The normalized spacial score (nSPS) is 11.3. The Balaban J connectivity index is -0.000000587. The number of aliphatic hydroxyl groups is 1. The van der Waals surface area contributed by atoms with Gasteiger partial charge in [-0.3, -0.25) is 18.9 Å². The van der Waals surface area contributed by atoms with E-state index < -0.39 is 30.0 Å². The largest absolute Gasteiger partial charge is 1.00 e. The van der Waals surface area contributed by atoms with Gasteiger partial charge < -0.3 is 39.6 Å². The Labute approximate surface area is 752 Å². The average molecular weight is 1990 g/mol. The summed E-state index contributed by atoms with van der Waals surface area (Å²) in [5.74, 6) is -0.966. The van der Waals surface area contributed by atoms with Crippen LogP contribution in [0.4, 0.5) is 0 Å². The van der Waals surface area contributed by atoms with Crippen LogP contribution in [0.5, 0.6) is 0 Å². The van der Waals surface area contributed by atoms with E-state index in [9.17, 15) is 23.7 Å². The third-order valence-corrected chi connectivity index (χ3v) is 32.6.